The van der Waals surface area contributed by atoms with E-state index in [0.717, 1.165) is 23.3 Å². The van der Waals surface area contributed by atoms with Crippen molar-refractivity contribution in [1.82, 2.24) is 14.8 Å². The van der Waals surface area contributed by atoms with Gasteiger partial charge in [0.2, 0.25) is 5.95 Å². The van der Waals surface area contributed by atoms with Crippen LogP contribution in [-0.2, 0) is 11.2 Å². The summed E-state index contributed by atoms with van der Waals surface area (Å²) in [5.41, 5.74) is 3.01. The molecule has 1 aliphatic heterocycles. The molecule has 0 saturated carbocycles. The number of aliphatic hydroxyl groups is 1. The van der Waals surface area contributed by atoms with E-state index in [1.165, 1.54) is 0 Å². The van der Waals surface area contributed by atoms with Crippen molar-refractivity contribution in [3.8, 4) is 6.07 Å². The van der Waals surface area contributed by atoms with Crippen molar-refractivity contribution in [2.75, 3.05) is 11.9 Å². The number of nitrogens with zero attached hydrogens (tertiary/aromatic N) is 4. The van der Waals surface area contributed by atoms with E-state index in [1.54, 1.807) is 16.8 Å². The van der Waals surface area contributed by atoms with Crippen molar-refractivity contribution in [3.05, 3.63) is 52.5 Å². The highest BCUT2D eigenvalue weighted by Crippen LogP contribution is 2.45. The first-order valence-electron chi connectivity index (χ1n) is 9.51. The highest BCUT2D eigenvalue weighted by Gasteiger charge is 2.41. The molecule has 0 fully saturated rings. The number of benzene rings is 1. The molecule has 4 rings (SSSR count). The summed E-state index contributed by atoms with van der Waals surface area (Å²) < 4.78 is 1.77. The molecule has 1 aromatic carbocycles. The predicted molar refractivity (Wildman–Crippen MR) is 103 cm³/mol. The number of fused-ring (bicyclic) bond motifs is 1. The van der Waals surface area contributed by atoms with Crippen LogP contribution in [-0.4, -0.2) is 32.3 Å². The fourth-order valence-electron chi connectivity index (χ4n) is 4.04. The lowest BCUT2D eigenvalue weighted by Crippen LogP contribution is -2.36. The summed E-state index contributed by atoms with van der Waals surface area (Å²) in [7, 11) is 0. The summed E-state index contributed by atoms with van der Waals surface area (Å²) in [4.78, 5) is 17.7. The Kier molecular flexibility index (Phi) is 4.52. The van der Waals surface area contributed by atoms with Gasteiger partial charge < -0.3 is 10.4 Å². The maximum absolute atomic E-state index is 13.1. The minimum atomic E-state index is -0.363. The molecule has 28 heavy (non-hydrogen) atoms. The van der Waals surface area contributed by atoms with Gasteiger partial charge in [-0.05, 0) is 36.0 Å². The van der Waals surface area contributed by atoms with Gasteiger partial charge in [-0.15, -0.1) is 0 Å². The number of aromatic nitrogens is 3. The predicted octanol–water partition coefficient (Wildman–Crippen LogP) is 2.73. The number of aryl methyl sites for hydroxylation is 1. The molecule has 144 valence electrons. The topological polar surface area (TPSA) is 104 Å². The highest BCUT2D eigenvalue weighted by molar-refractivity contribution is 6.00. The number of nitrogens with one attached hydrogen (secondary N) is 1. The first-order valence-corrected chi connectivity index (χ1v) is 9.51. The van der Waals surface area contributed by atoms with E-state index in [9.17, 15) is 4.79 Å². The fourth-order valence-corrected chi connectivity index (χ4v) is 4.04. The van der Waals surface area contributed by atoms with E-state index in [-0.39, 0.29) is 23.8 Å². The average Bonchev–Trinajstić information content (AvgIpc) is 3.06. The zero-order valence-corrected chi connectivity index (χ0v) is 16.1. The van der Waals surface area contributed by atoms with Crippen molar-refractivity contribution in [1.29, 1.82) is 5.26 Å². The summed E-state index contributed by atoms with van der Waals surface area (Å²) in [6, 6.07) is 9.05. The minimum Gasteiger partial charge on any atom is -0.396 e. The van der Waals surface area contributed by atoms with Crippen LogP contribution < -0.4 is 5.32 Å². The average molecular weight is 377 g/mol. The highest BCUT2D eigenvalue weighted by atomic mass is 16.3. The molecule has 2 heterocycles. The lowest BCUT2D eigenvalue weighted by molar-refractivity contribution is -0.118. The third-order valence-electron chi connectivity index (χ3n) is 5.29. The van der Waals surface area contributed by atoms with E-state index in [4.69, 9.17) is 10.4 Å². The molecule has 0 amide bonds. The van der Waals surface area contributed by atoms with E-state index < -0.39 is 0 Å². The molecule has 0 saturated heterocycles. The molecular weight excluding hydrogens is 354 g/mol. The van der Waals surface area contributed by atoms with Gasteiger partial charge in [0.15, 0.2) is 11.6 Å². The SMILES string of the molecule is CC1(C)CC(=O)C2=C(C1)Nc1nc(CCCO)nn1C2c1ccc(C#N)cc1. The zero-order valence-electron chi connectivity index (χ0n) is 16.1. The molecule has 1 aromatic heterocycles. The Bertz CT molecular complexity index is 995. The molecule has 1 unspecified atom stereocenters. The molecule has 0 bridgehead atoms. The van der Waals surface area contributed by atoms with Gasteiger partial charge in [-0.3, -0.25) is 4.79 Å². The first-order chi connectivity index (χ1) is 13.4. The summed E-state index contributed by atoms with van der Waals surface area (Å²) in [5, 5.41) is 26.2. The van der Waals surface area contributed by atoms with Crippen LogP contribution in [0.1, 0.15) is 56.1 Å². The third-order valence-corrected chi connectivity index (χ3v) is 5.29. The first kappa shape index (κ1) is 18.4. The molecule has 7 heteroatoms. The van der Waals surface area contributed by atoms with Gasteiger partial charge in [-0.1, -0.05) is 26.0 Å². The number of Topliss-reactive ketones (excluding diaryl/α,β-unsaturated/α-hetero) is 1. The number of allylic oxidation sites excluding steroid dienone is 2. The van der Waals surface area contributed by atoms with Gasteiger partial charge in [0.1, 0.15) is 6.04 Å². The van der Waals surface area contributed by atoms with Crippen LogP contribution in [0.2, 0.25) is 0 Å². The van der Waals surface area contributed by atoms with Crippen LogP contribution >= 0.6 is 0 Å². The normalized spacial score (nSPS) is 20.2. The second kappa shape index (κ2) is 6.88. The number of aliphatic hydroxyl groups excluding tert-OH is 1. The Labute approximate surface area is 163 Å². The van der Waals surface area contributed by atoms with Crippen molar-refractivity contribution in [2.45, 2.75) is 45.6 Å². The van der Waals surface area contributed by atoms with E-state index in [0.29, 0.717) is 36.6 Å². The Balaban J connectivity index is 1.83. The number of anilines is 1. The second-order valence-corrected chi connectivity index (χ2v) is 8.22. The Morgan fingerprint density at radius 1 is 1.32 bits per heavy atom. The summed E-state index contributed by atoms with van der Waals surface area (Å²) in [5.74, 6) is 1.37. The maximum atomic E-state index is 13.1. The van der Waals surface area contributed by atoms with E-state index in [2.05, 4.69) is 35.3 Å². The largest absolute Gasteiger partial charge is 0.396 e. The summed E-state index contributed by atoms with van der Waals surface area (Å²) in [6.07, 6.45) is 2.41. The molecule has 1 aliphatic carbocycles. The van der Waals surface area contributed by atoms with Crippen molar-refractivity contribution in [2.24, 2.45) is 5.41 Å². The Morgan fingerprint density at radius 2 is 2.07 bits per heavy atom. The Morgan fingerprint density at radius 3 is 2.75 bits per heavy atom. The number of rotatable bonds is 4. The molecule has 2 aliphatic rings. The number of ketones is 1. The van der Waals surface area contributed by atoms with Crippen LogP contribution in [0.3, 0.4) is 0 Å². The third kappa shape index (κ3) is 3.20. The second-order valence-electron chi connectivity index (χ2n) is 8.22. The molecular formula is C21H23N5O2. The van der Waals surface area contributed by atoms with E-state index >= 15 is 0 Å². The van der Waals surface area contributed by atoms with Crippen LogP contribution in [0.15, 0.2) is 35.5 Å². The van der Waals surface area contributed by atoms with Crippen molar-refractivity contribution < 1.29 is 9.90 Å². The van der Waals surface area contributed by atoms with Crippen molar-refractivity contribution >= 4 is 11.7 Å². The lowest BCUT2D eigenvalue weighted by Gasteiger charge is -2.38. The Hall–Kier alpha value is -2.98. The van der Waals surface area contributed by atoms with Gasteiger partial charge in [-0.25, -0.2) is 4.68 Å². The standard InChI is InChI=1S/C21H23N5O2/c1-21(2)10-15-18(16(28)11-21)19(14-7-5-13(12-22)6-8-14)26-20(23-15)24-17(25-26)4-3-9-27/h5-8,19,27H,3-4,9-11H2,1-2H3,(H,23,24,25). The molecule has 0 spiro atoms. The van der Waals surface area contributed by atoms with Gasteiger partial charge in [0.25, 0.3) is 0 Å². The molecule has 2 N–H and O–H groups in total. The lowest BCUT2D eigenvalue weighted by atomic mass is 9.73. The van der Waals surface area contributed by atoms with Crippen LogP contribution in [0.25, 0.3) is 0 Å². The summed E-state index contributed by atoms with van der Waals surface area (Å²) in [6.45, 7) is 4.27. The van der Waals surface area contributed by atoms with Gasteiger partial charge in [0, 0.05) is 30.7 Å². The number of hydrogen-bond donors (Lipinski definition) is 2. The van der Waals surface area contributed by atoms with E-state index in [1.807, 2.05) is 12.1 Å². The van der Waals surface area contributed by atoms with Crippen LogP contribution in [0.5, 0.6) is 0 Å². The monoisotopic (exact) mass is 377 g/mol. The maximum Gasteiger partial charge on any atom is 0.226 e. The quantitative estimate of drug-likeness (QED) is 0.849. The molecule has 0 radical (unpaired) electrons. The van der Waals surface area contributed by atoms with Gasteiger partial charge in [-0.2, -0.15) is 15.3 Å². The van der Waals surface area contributed by atoms with Crippen LogP contribution in [0, 0.1) is 16.7 Å². The number of nitriles is 1. The number of carbonyl (C=O) groups is 1. The smallest absolute Gasteiger partial charge is 0.226 e. The minimum absolute atomic E-state index is 0.0811. The molecule has 7 nitrogen and oxygen atoms in total. The fraction of sp³-hybridized carbons (Fsp3) is 0.429. The number of carbonyl (C=O) groups excluding carboxylic acids is 1. The zero-order chi connectivity index (χ0) is 19.9. The molecule has 2 aromatic rings. The number of hydrogen-bond acceptors (Lipinski definition) is 6. The van der Waals surface area contributed by atoms with Crippen molar-refractivity contribution in [3.63, 3.8) is 0 Å². The summed E-state index contributed by atoms with van der Waals surface area (Å²) >= 11 is 0. The van der Waals surface area contributed by atoms with Crippen LogP contribution in [0.4, 0.5) is 5.95 Å². The molecule has 1 atom stereocenters. The van der Waals surface area contributed by atoms with Gasteiger partial charge >= 0.3 is 0 Å². The van der Waals surface area contributed by atoms with Gasteiger partial charge in [0.05, 0.1) is 11.6 Å².